The summed E-state index contributed by atoms with van der Waals surface area (Å²) in [7, 11) is 1.19. The lowest BCUT2D eigenvalue weighted by Crippen LogP contribution is -2.31. The van der Waals surface area contributed by atoms with Crippen LogP contribution in [-0.4, -0.2) is 47.9 Å². The molecule has 24 heavy (non-hydrogen) atoms. The van der Waals surface area contributed by atoms with Crippen molar-refractivity contribution in [3.63, 3.8) is 0 Å². The number of likely N-dealkylation sites (tertiary alicyclic amines) is 1. The van der Waals surface area contributed by atoms with Crippen LogP contribution in [0.1, 0.15) is 35.7 Å². The van der Waals surface area contributed by atoms with Crippen molar-refractivity contribution >= 4 is 23.3 Å². The zero-order valence-corrected chi connectivity index (χ0v) is 14.0. The fourth-order valence-corrected chi connectivity index (χ4v) is 2.93. The molecule has 1 amide bonds. The molecule has 1 aromatic rings. The Hall–Kier alpha value is -2.64. The lowest BCUT2D eigenvalue weighted by molar-refractivity contribution is -0.385. The highest BCUT2D eigenvalue weighted by Gasteiger charge is 2.28. The van der Waals surface area contributed by atoms with Crippen LogP contribution in [0.25, 0.3) is 0 Å². The molecule has 0 radical (unpaired) electrons. The number of carbonyl (C=O) groups excluding carboxylic acids is 2. The number of amides is 1. The molecule has 1 aliphatic heterocycles. The SMILES string of the molecule is CCC(=O)N1CCC(Nc2cc(C)c([N+](=O)[O-])c(C(=O)OC)c2)C1. The summed E-state index contributed by atoms with van der Waals surface area (Å²) in [6, 6.07) is 3.11. The number of nitrogens with one attached hydrogen (secondary N) is 1. The fraction of sp³-hybridized carbons (Fsp3) is 0.500. The zero-order chi connectivity index (χ0) is 17.9. The van der Waals surface area contributed by atoms with E-state index in [1.165, 1.54) is 13.2 Å². The highest BCUT2D eigenvalue weighted by atomic mass is 16.6. The predicted molar refractivity (Wildman–Crippen MR) is 88.1 cm³/mol. The maximum atomic E-state index is 11.9. The van der Waals surface area contributed by atoms with Crippen LogP contribution in [0.5, 0.6) is 0 Å². The van der Waals surface area contributed by atoms with Crippen LogP contribution in [0, 0.1) is 17.0 Å². The number of nitro benzene ring substituents is 1. The summed E-state index contributed by atoms with van der Waals surface area (Å²) < 4.78 is 4.65. The first kappa shape index (κ1) is 17.7. The van der Waals surface area contributed by atoms with Crippen molar-refractivity contribution < 1.29 is 19.2 Å². The van der Waals surface area contributed by atoms with Gasteiger partial charge in [-0.15, -0.1) is 0 Å². The molecule has 1 fully saturated rings. The second kappa shape index (κ2) is 7.29. The van der Waals surface area contributed by atoms with E-state index in [9.17, 15) is 19.7 Å². The minimum atomic E-state index is -0.748. The third kappa shape index (κ3) is 3.64. The third-order valence-electron chi connectivity index (χ3n) is 4.10. The fourth-order valence-electron chi connectivity index (χ4n) is 2.93. The summed E-state index contributed by atoms with van der Waals surface area (Å²) >= 11 is 0. The van der Waals surface area contributed by atoms with Crippen molar-refractivity contribution in [1.82, 2.24) is 4.90 Å². The monoisotopic (exact) mass is 335 g/mol. The number of benzene rings is 1. The van der Waals surface area contributed by atoms with Crippen LogP contribution in [-0.2, 0) is 9.53 Å². The molecule has 0 saturated carbocycles. The maximum absolute atomic E-state index is 11.9. The summed E-state index contributed by atoms with van der Waals surface area (Å²) in [5.41, 5.74) is 0.658. The van der Waals surface area contributed by atoms with Gasteiger partial charge < -0.3 is 15.0 Å². The number of anilines is 1. The van der Waals surface area contributed by atoms with Gasteiger partial charge in [-0.25, -0.2) is 4.79 Å². The van der Waals surface area contributed by atoms with E-state index < -0.39 is 10.9 Å². The first-order valence-electron chi connectivity index (χ1n) is 7.79. The largest absolute Gasteiger partial charge is 0.465 e. The number of hydrogen-bond donors (Lipinski definition) is 1. The van der Waals surface area contributed by atoms with Crippen LogP contribution >= 0.6 is 0 Å². The molecule has 1 aromatic carbocycles. The van der Waals surface area contributed by atoms with Crippen molar-refractivity contribution in [2.45, 2.75) is 32.7 Å². The number of ether oxygens (including phenoxy) is 1. The molecule has 0 aromatic heterocycles. The molecule has 8 nitrogen and oxygen atoms in total. The average molecular weight is 335 g/mol. The van der Waals surface area contributed by atoms with Crippen molar-refractivity contribution in [2.75, 3.05) is 25.5 Å². The van der Waals surface area contributed by atoms with Gasteiger partial charge in [0.2, 0.25) is 5.91 Å². The van der Waals surface area contributed by atoms with Crippen LogP contribution < -0.4 is 5.32 Å². The molecule has 8 heteroatoms. The number of carbonyl (C=O) groups is 2. The number of nitro groups is 1. The maximum Gasteiger partial charge on any atom is 0.344 e. The quantitative estimate of drug-likeness (QED) is 0.502. The summed E-state index contributed by atoms with van der Waals surface area (Å²) in [6.45, 7) is 4.67. The topological polar surface area (TPSA) is 102 Å². The van der Waals surface area contributed by atoms with Crippen molar-refractivity contribution in [3.8, 4) is 0 Å². The van der Waals surface area contributed by atoms with Gasteiger partial charge in [-0.1, -0.05) is 6.92 Å². The van der Waals surface area contributed by atoms with E-state index in [4.69, 9.17) is 0 Å². The minimum absolute atomic E-state index is 0.0480. The summed E-state index contributed by atoms with van der Waals surface area (Å²) in [4.78, 5) is 36.0. The van der Waals surface area contributed by atoms with Gasteiger partial charge in [0.15, 0.2) is 0 Å². The second-order valence-electron chi connectivity index (χ2n) is 5.76. The van der Waals surface area contributed by atoms with Gasteiger partial charge in [0.25, 0.3) is 5.69 Å². The number of aryl methyl sites for hydroxylation is 1. The minimum Gasteiger partial charge on any atom is -0.465 e. The van der Waals surface area contributed by atoms with Crippen molar-refractivity contribution in [1.29, 1.82) is 0 Å². The van der Waals surface area contributed by atoms with Crippen molar-refractivity contribution in [3.05, 3.63) is 33.4 Å². The molecule has 0 aliphatic carbocycles. The van der Waals surface area contributed by atoms with Gasteiger partial charge >= 0.3 is 5.97 Å². The lowest BCUT2D eigenvalue weighted by atomic mass is 10.1. The van der Waals surface area contributed by atoms with Crippen molar-refractivity contribution in [2.24, 2.45) is 0 Å². The highest BCUT2D eigenvalue weighted by molar-refractivity contribution is 5.95. The molecule has 2 rings (SSSR count). The predicted octanol–water partition coefficient (Wildman–Crippen LogP) is 2.11. The van der Waals surface area contributed by atoms with E-state index >= 15 is 0 Å². The molecule has 0 bridgehead atoms. The smallest absolute Gasteiger partial charge is 0.344 e. The van der Waals surface area contributed by atoms with E-state index in [0.29, 0.717) is 30.8 Å². The van der Waals surface area contributed by atoms with Crippen LogP contribution in [0.4, 0.5) is 11.4 Å². The molecule has 1 heterocycles. The number of hydrogen-bond acceptors (Lipinski definition) is 6. The summed E-state index contributed by atoms with van der Waals surface area (Å²) in [6.07, 6.45) is 1.26. The Morgan fingerprint density at radius 2 is 2.17 bits per heavy atom. The Labute approximate surface area is 139 Å². The molecule has 1 unspecified atom stereocenters. The Balaban J connectivity index is 2.23. The van der Waals surface area contributed by atoms with E-state index in [1.807, 2.05) is 6.92 Å². The molecule has 1 aliphatic rings. The third-order valence-corrected chi connectivity index (χ3v) is 4.10. The number of methoxy groups -OCH3 is 1. The summed E-state index contributed by atoms with van der Waals surface area (Å²) in [5.74, 6) is -0.642. The Morgan fingerprint density at radius 1 is 1.46 bits per heavy atom. The average Bonchev–Trinajstić information content (AvgIpc) is 3.00. The normalized spacial score (nSPS) is 16.8. The number of rotatable bonds is 5. The van der Waals surface area contributed by atoms with Gasteiger partial charge in [0.05, 0.1) is 12.0 Å². The first-order valence-corrected chi connectivity index (χ1v) is 7.79. The van der Waals surface area contributed by atoms with Gasteiger partial charge in [-0.3, -0.25) is 14.9 Å². The van der Waals surface area contributed by atoms with Gasteiger partial charge in [-0.05, 0) is 25.5 Å². The number of nitrogens with zero attached hydrogens (tertiary/aromatic N) is 2. The molecular weight excluding hydrogens is 314 g/mol. The van der Waals surface area contributed by atoms with E-state index in [1.54, 1.807) is 17.9 Å². The molecule has 130 valence electrons. The van der Waals surface area contributed by atoms with Gasteiger partial charge in [0.1, 0.15) is 5.56 Å². The van der Waals surface area contributed by atoms with Gasteiger partial charge in [0, 0.05) is 36.8 Å². The molecule has 1 saturated heterocycles. The number of esters is 1. The Kier molecular flexibility index (Phi) is 5.38. The molecule has 0 spiro atoms. The Morgan fingerprint density at radius 3 is 2.75 bits per heavy atom. The lowest BCUT2D eigenvalue weighted by Gasteiger charge is -2.18. The Bertz CT molecular complexity index is 674. The molecule has 1 atom stereocenters. The van der Waals surface area contributed by atoms with Gasteiger partial charge in [-0.2, -0.15) is 0 Å². The van der Waals surface area contributed by atoms with Crippen LogP contribution in [0.15, 0.2) is 12.1 Å². The summed E-state index contributed by atoms with van der Waals surface area (Å²) in [5, 5.41) is 14.5. The van der Waals surface area contributed by atoms with Crippen LogP contribution in [0.2, 0.25) is 0 Å². The zero-order valence-electron chi connectivity index (χ0n) is 14.0. The second-order valence-corrected chi connectivity index (χ2v) is 5.76. The first-order chi connectivity index (χ1) is 11.4. The highest BCUT2D eigenvalue weighted by Crippen LogP contribution is 2.29. The van der Waals surface area contributed by atoms with E-state index in [0.717, 1.165) is 6.42 Å². The van der Waals surface area contributed by atoms with E-state index in [2.05, 4.69) is 10.1 Å². The standard InChI is InChI=1S/C16H21N3O5/c1-4-14(20)18-6-5-11(9-18)17-12-7-10(2)15(19(22)23)13(8-12)16(21)24-3/h7-8,11,17H,4-6,9H2,1-3H3. The van der Waals surface area contributed by atoms with Crippen LogP contribution in [0.3, 0.4) is 0 Å². The van der Waals surface area contributed by atoms with E-state index in [-0.39, 0.29) is 23.2 Å². The molecule has 1 N–H and O–H groups in total. The molecular formula is C16H21N3O5.